The van der Waals surface area contributed by atoms with Gasteiger partial charge in [0.25, 0.3) is 0 Å². The minimum absolute atomic E-state index is 0.628. The SMILES string of the molecule is CCOc1cccc2c1[nH]c(=S)n2-c1ccc(Br)cc1. The molecule has 0 aliphatic carbocycles. The highest BCUT2D eigenvalue weighted by Gasteiger charge is 2.10. The molecular weight excluding hydrogens is 336 g/mol. The molecule has 3 rings (SSSR count). The molecular formula is C15H13BrN2OS. The summed E-state index contributed by atoms with van der Waals surface area (Å²) in [5.41, 5.74) is 2.98. The topological polar surface area (TPSA) is 29.9 Å². The molecule has 2 aromatic carbocycles. The van der Waals surface area contributed by atoms with Crippen LogP contribution in [0.3, 0.4) is 0 Å². The predicted octanol–water partition coefficient (Wildman–Crippen LogP) is 4.85. The van der Waals surface area contributed by atoms with Crippen LogP contribution < -0.4 is 4.74 Å². The van der Waals surface area contributed by atoms with E-state index in [0.717, 1.165) is 26.9 Å². The third kappa shape index (κ3) is 2.27. The Morgan fingerprint density at radius 2 is 1.95 bits per heavy atom. The molecule has 0 bridgehead atoms. The van der Waals surface area contributed by atoms with Crippen LogP contribution in [0, 0.1) is 4.77 Å². The molecule has 0 saturated carbocycles. The Morgan fingerprint density at radius 1 is 1.20 bits per heavy atom. The number of halogens is 1. The quantitative estimate of drug-likeness (QED) is 0.685. The molecule has 0 saturated heterocycles. The Kier molecular flexibility index (Phi) is 3.63. The molecule has 0 radical (unpaired) electrons. The van der Waals surface area contributed by atoms with Crippen molar-refractivity contribution in [2.45, 2.75) is 6.92 Å². The number of ether oxygens (including phenoxy) is 1. The number of aromatic nitrogens is 2. The lowest BCUT2D eigenvalue weighted by molar-refractivity contribution is 0.343. The molecule has 5 heteroatoms. The Balaban J connectivity index is 2.26. The fourth-order valence-electron chi connectivity index (χ4n) is 2.23. The first kappa shape index (κ1) is 13.4. The zero-order chi connectivity index (χ0) is 14.1. The molecule has 0 unspecified atom stereocenters. The van der Waals surface area contributed by atoms with Crippen molar-refractivity contribution in [3.05, 3.63) is 51.7 Å². The number of para-hydroxylation sites is 1. The van der Waals surface area contributed by atoms with Gasteiger partial charge in [0.15, 0.2) is 4.77 Å². The normalized spacial score (nSPS) is 10.9. The van der Waals surface area contributed by atoms with E-state index in [1.807, 2.05) is 54.0 Å². The first-order valence-electron chi connectivity index (χ1n) is 6.33. The van der Waals surface area contributed by atoms with Gasteiger partial charge in [0, 0.05) is 10.2 Å². The minimum atomic E-state index is 0.628. The van der Waals surface area contributed by atoms with Gasteiger partial charge in [-0.1, -0.05) is 22.0 Å². The second kappa shape index (κ2) is 5.42. The van der Waals surface area contributed by atoms with E-state index in [1.165, 1.54) is 0 Å². The van der Waals surface area contributed by atoms with Crippen LogP contribution in [0.1, 0.15) is 6.92 Å². The molecule has 0 aliphatic rings. The highest BCUT2D eigenvalue weighted by Crippen LogP contribution is 2.27. The van der Waals surface area contributed by atoms with Crippen LogP contribution in [0.15, 0.2) is 46.9 Å². The van der Waals surface area contributed by atoms with E-state index in [1.54, 1.807) is 0 Å². The maximum atomic E-state index is 5.64. The first-order chi connectivity index (χ1) is 9.70. The van der Waals surface area contributed by atoms with Gasteiger partial charge in [-0.05, 0) is 55.5 Å². The van der Waals surface area contributed by atoms with Gasteiger partial charge in [-0.2, -0.15) is 0 Å². The molecule has 3 nitrogen and oxygen atoms in total. The van der Waals surface area contributed by atoms with Crippen molar-refractivity contribution in [1.29, 1.82) is 0 Å². The molecule has 0 spiro atoms. The summed E-state index contributed by atoms with van der Waals surface area (Å²) >= 11 is 8.90. The molecule has 102 valence electrons. The zero-order valence-electron chi connectivity index (χ0n) is 10.9. The van der Waals surface area contributed by atoms with Crippen LogP contribution in [0.4, 0.5) is 0 Å². The Labute approximate surface area is 130 Å². The fraction of sp³-hybridized carbons (Fsp3) is 0.133. The highest BCUT2D eigenvalue weighted by atomic mass is 79.9. The van der Waals surface area contributed by atoms with E-state index >= 15 is 0 Å². The van der Waals surface area contributed by atoms with Crippen molar-refractivity contribution in [2.75, 3.05) is 6.61 Å². The minimum Gasteiger partial charge on any atom is -0.492 e. The Morgan fingerprint density at radius 3 is 2.65 bits per heavy atom. The Hall–Kier alpha value is -1.59. The summed E-state index contributed by atoms with van der Waals surface area (Å²) < 4.78 is 9.36. The third-order valence-electron chi connectivity index (χ3n) is 3.06. The smallest absolute Gasteiger partial charge is 0.182 e. The van der Waals surface area contributed by atoms with Gasteiger partial charge < -0.3 is 9.72 Å². The lowest BCUT2D eigenvalue weighted by atomic mass is 10.2. The number of benzene rings is 2. The van der Waals surface area contributed by atoms with Crippen LogP contribution in [0.2, 0.25) is 0 Å². The van der Waals surface area contributed by atoms with Gasteiger partial charge in [0.2, 0.25) is 0 Å². The molecule has 1 heterocycles. The predicted molar refractivity (Wildman–Crippen MR) is 87.3 cm³/mol. The number of imidazole rings is 1. The maximum absolute atomic E-state index is 5.64. The van der Waals surface area contributed by atoms with Crippen LogP contribution in [0.25, 0.3) is 16.7 Å². The number of fused-ring (bicyclic) bond motifs is 1. The van der Waals surface area contributed by atoms with Crippen molar-refractivity contribution >= 4 is 39.2 Å². The number of rotatable bonds is 3. The summed E-state index contributed by atoms with van der Waals surface area (Å²) in [6.07, 6.45) is 0. The van der Waals surface area contributed by atoms with Gasteiger partial charge in [-0.25, -0.2) is 0 Å². The maximum Gasteiger partial charge on any atom is 0.182 e. The number of aromatic amines is 1. The van der Waals surface area contributed by atoms with Crippen LogP contribution >= 0.6 is 28.1 Å². The zero-order valence-corrected chi connectivity index (χ0v) is 13.3. The largest absolute Gasteiger partial charge is 0.492 e. The fourth-order valence-corrected chi connectivity index (χ4v) is 2.80. The third-order valence-corrected chi connectivity index (χ3v) is 3.88. The summed E-state index contributed by atoms with van der Waals surface area (Å²) in [5.74, 6) is 0.826. The summed E-state index contributed by atoms with van der Waals surface area (Å²) in [5, 5.41) is 0. The summed E-state index contributed by atoms with van der Waals surface area (Å²) in [4.78, 5) is 3.23. The average Bonchev–Trinajstić information content (AvgIpc) is 2.78. The van der Waals surface area contributed by atoms with E-state index in [-0.39, 0.29) is 0 Å². The number of nitrogens with one attached hydrogen (secondary N) is 1. The van der Waals surface area contributed by atoms with Crippen molar-refractivity contribution in [2.24, 2.45) is 0 Å². The molecule has 20 heavy (non-hydrogen) atoms. The Bertz CT molecular complexity index is 805. The number of hydrogen-bond acceptors (Lipinski definition) is 2. The van der Waals surface area contributed by atoms with Crippen molar-refractivity contribution < 1.29 is 4.74 Å². The van der Waals surface area contributed by atoms with Crippen LogP contribution in [-0.2, 0) is 0 Å². The van der Waals surface area contributed by atoms with Crippen molar-refractivity contribution in [1.82, 2.24) is 9.55 Å². The monoisotopic (exact) mass is 348 g/mol. The van der Waals surface area contributed by atoms with E-state index in [4.69, 9.17) is 17.0 Å². The molecule has 0 atom stereocenters. The van der Waals surface area contributed by atoms with E-state index < -0.39 is 0 Å². The second-order valence-electron chi connectivity index (χ2n) is 4.33. The van der Waals surface area contributed by atoms with Gasteiger partial charge in [0.05, 0.1) is 12.1 Å². The molecule has 1 N–H and O–H groups in total. The average molecular weight is 349 g/mol. The van der Waals surface area contributed by atoms with Gasteiger partial charge in [0.1, 0.15) is 11.3 Å². The summed E-state index contributed by atoms with van der Waals surface area (Å²) in [6, 6.07) is 14.0. The van der Waals surface area contributed by atoms with Gasteiger partial charge in [-0.3, -0.25) is 4.57 Å². The lowest BCUT2D eigenvalue weighted by Gasteiger charge is -2.06. The van der Waals surface area contributed by atoms with Crippen molar-refractivity contribution in [3.63, 3.8) is 0 Å². The number of nitrogens with zero attached hydrogens (tertiary/aromatic N) is 1. The van der Waals surface area contributed by atoms with Gasteiger partial charge >= 0.3 is 0 Å². The molecule has 0 amide bonds. The number of H-pyrrole nitrogens is 1. The van der Waals surface area contributed by atoms with E-state index in [0.29, 0.717) is 11.4 Å². The highest BCUT2D eigenvalue weighted by molar-refractivity contribution is 9.10. The van der Waals surface area contributed by atoms with E-state index in [2.05, 4.69) is 20.9 Å². The van der Waals surface area contributed by atoms with Crippen LogP contribution in [-0.4, -0.2) is 16.2 Å². The first-order valence-corrected chi connectivity index (χ1v) is 7.53. The summed E-state index contributed by atoms with van der Waals surface area (Å²) in [6.45, 7) is 2.60. The molecule has 0 fully saturated rings. The van der Waals surface area contributed by atoms with E-state index in [9.17, 15) is 0 Å². The lowest BCUT2D eigenvalue weighted by Crippen LogP contribution is -1.94. The van der Waals surface area contributed by atoms with Crippen LogP contribution in [0.5, 0.6) is 5.75 Å². The molecule has 1 aromatic heterocycles. The summed E-state index contributed by atoms with van der Waals surface area (Å²) in [7, 11) is 0. The van der Waals surface area contributed by atoms with Crippen molar-refractivity contribution in [3.8, 4) is 11.4 Å². The van der Waals surface area contributed by atoms with Gasteiger partial charge in [-0.15, -0.1) is 0 Å². The standard InChI is InChI=1S/C15H13BrN2OS/c1-2-19-13-5-3-4-12-14(13)17-15(20)18(12)11-8-6-10(16)7-9-11/h3-9H,2H2,1H3,(H,17,20). The molecule has 0 aliphatic heterocycles. The number of hydrogen-bond donors (Lipinski definition) is 1. The second-order valence-corrected chi connectivity index (χ2v) is 5.63. The molecule has 3 aromatic rings.